The summed E-state index contributed by atoms with van der Waals surface area (Å²) in [7, 11) is 0. The molecule has 1 saturated carbocycles. The molecule has 0 amide bonds. The molecule has 1 fully saturated rings. The van der Waals surface area contributed by atoms with Crippen LogP contribution in [0.25, 0.3) is 11.5 Å². The fourth-order valence-electron chi connectivity index (χ4n) is 2.69. The van der Waals surface area contributed by atoms with Gasteiger partial charge in [-0.2, -0.15) is 4.98 Å². The Labute approximate surface area is 150 Å². The maximum absolute atomic E-state index is 5.39. The van der Waals surface area contributed by atoms with Crippen LogP contribution in [0.4, 0.5) is 0 Å². The summed E-state index contributed by atoms with van der Waals surface area (Å²) in [6.45, 7) is 6.60. The summed E-state index contributed by atoms with van der Waals surface area (Å²) >= 11 is 1.57. The van der Waals surface area contributed by atoms with Gasteiger partial charge in [0.1, 0.15) is 5.82 Å². The van der Waals surface area contributed by atoms with Crippen LogP contribution in [0, 0.1) is 6.92 Å². The van der Waals surface area contributed by atoms with Gasteiger partial charge in [0, 0.05) is 18.0 Å². The van der Waals surface area contributed by atoms with Gasteiger partial charge in [-0.25, -0.2) is 0 Å². The van der Waals surface area contributed by atoms with E-state index in [1.807, 2.05) is 37.3 Å². The maximum Gasteiger partial charge on any atom is 0.257 e. The standard InChI is InChI=1S/C18H19N5OS/c1-3-9-23-16(13-7-8-13)20-21-18(23)25-11-15-19-17(24-22-15)14-6-4-5-12(2)10-14/h3-6,10,13H,1,7-9,11H2,2H3. The predicted octanol–water partition coefficient (Wildman–Crippen LogP) is 3.99. The van der Waals surface area contributed by atoms with Crippen LogP contribution in [-0.4, -0.2) is 24.9 Å². The monoisotopic (exact) mass is 353 g/mol. The van der Waals surface area contributed by atoms with Crippen LogP contribution in [0.5, 0.6) is 0 Å². The molecule has 0 aliphatic heterocycles. The molecule has 128 valence electrons. The molecular weight excluding hydrogens is 334 g/mol. The van der Waals surface area contributed by atoms with Crippen molar-refractivity contribution in [3.05, 3.63) is 54.1 Å². The Morgan fingerprint density at radius 1 is 1.36 bits per heavy atom. The van der Waals surface area contributed by atoms with Crippen LogP contribution in [0.2, 0.25) is 0 Å². The van der Waals surface area contributed by atoms with E-state index in [2.05, 4.69) is 31.5 Å². The van der Waals surface area contributed by atoms with E-state index in [0.717, 1.165) is 28.7 Å². The number of nitrogens with zero attached hydrogens (tertiary/aromatic N) is 5. The van der Waals surface area contributed by atoms with Crippen LogP contribution in [0.1, 0.15) is 36.0 Å². The molecule has 0 radical (unpaired) electrons. The summed E-state index contributed by atoms with van der Waals surface area (Å²) < 4.78 is 7.53. The number of thioether (sulfide) groups is 1. The van der Waals surface area contributed by atoms with E-state index in [-0.39, 0.29) is 0 Å². The number of hydrogen-bond acceptors (Lipinski definition) is 6. The van der Waals surface area contributed by atoms with Crippen molar-refractivity contribution in [1.29, 1.82) is 0 Å². The Bertz CT molecular complexity index is 897. The van der Waals surface area contributed by atoms with E-state index in [0.29, 0.717) is 23.4 Å². The molecule has 2 aromatic heterocycles. The first-order chi connectivity index (χ1) is 12.2. The lowest BCUT2D eigenvalue weighted by molar-refractivity contribution is 0.425. The summed E-state index contributed by atoms with van der Waals surface area (Å²) in [5.74, 6) is 3.42. The van der Waals surface area contributed by atoms with Gasteiger partial charge in [-0.1, -0.05) is 40.7 Å². The molecule has 1 aliphatic rings. The summed E-state index contributed by atoms with van der Waals surface area (Å²) in [6, 6.07) is 8.04. The van der Waals surface area contributed by atoms with Gasteiger partial charge in [-0.15, -0.1) is 16.8 Å². The van der Waals surface area contributed by atoms with E-state index in [1.165, 1.54) is 12.8 Å². The third-order valence-electron chi connectivity index (χ3n) is 4.06. The smallest absolute Gasteiger partial charge is 0.257 e. The van der Waals surface area contributed by atoms with E-state index in [4.69, 9.17) is 4.52 Å². The van der Waals surface area contributed by atoms with Crippen molar-refractivity contribution in [3.63, 3.8) is 0 Å². The number of aromatic nitrogens is 5. The molecule has 2 heterocycles. The highest BCUT2D eigenvalue weighted by Gasteiger charge is 2.30. The average Bonchev–Trinajstić information content (AvgIpc) is 3.20. The highest BCUT2D eigenvalue weighted by Crippen LogP contribution is 2.40. The Balaban J connectivity index is 1.48. The lowest BCUT2D eigenvalue weighted by Crippen LogP contribution is -2.02. The van der Waals surface area contributed by atoms with Gasteiger partial charge in [0.05, 0.1) is 5.75 Å². The van der Waals surface area contributed by atoms with Crippen LogP contribution in [0.15, 0.2) is 46.6 Å². The molecule has 1 aliphatic carbocycles. The molecule has 0 unspecified atom stereocenters. The van der Waals surface area contributed by atoms with Gasteiger partial charge in [0.15, 0.2) is 11.0 Å². The second-order valence-electron chi connectivity index (χ2n) is 6.19. The lowest BCUT2D eigenvalue weighted by Gasteiger charge is -2.05. The van der Waals surface area contributed by atoms with Crippen molar-refractivity contribution < 1.29 is 4.52 Å². The normalized spacial score (nSPS) is 14.0. The molecule has 0 spiro atoms. The van der Waals surface area contributed by atoms with Gasteiger partial charge >= 0.3 is 0 Å². The minimum absolute atomic E-state index is 0.547. The third-order valence-corrected chi connectivity index (χ3v) is 5.03. The predicted molar refractivity (Wildman–Crippen MR) is 96.2 cm³/mol. The molecule has 3 aromatic rings. The molecule has 0 atom stereocenters. The van der Waals surface area contributed by atoms with Gasteiger partial charge in [-0.3, -0.25) is 0 Å². The maximum atomic E-state index is 5.39. The average molecular weight is 353 g/mol. The molecule has 0 bridgehead atoms. The molecule has 1 aromatic carbocycles. The largest absolute Gasteiger partial charge is 0.334 e. The Hall–Kier alpha value is -2.41. The molecule has 6 nitrogen and oxygen atoms in total. The second kappa shape index (κ2) is 6.84. The number of benzene rings is 1. The van der Waals surface area contributed by atoms with Crippen molar-refractivity contribution in [3.8, 4) is 11.5 Å². The Morgan fingerprint density at radius 2 is 2.24 bits per heavy atom. The third kappa shape index (κ3) is 3.51. The fourth-order valence-corrected chi connectivity index (χ4v) is 3.49. The molecule has 0 N–H and O–H groups in total. The zero-order valence-corrected chi connectivity index (χ0v) is 14.9. The van der Waals surface area contributed by atoms with Crippen LogP contribution in [0.3, 0.4) is 0 Å². The molecule has 25 heavy (non-hydrogen) atoms. The van der Waals surface area contributed by atoms with Gasteiger partial charge in [0.25, 0.3) is 5.89 Å². The van der Waals surface area contributed by atoms with Crippen molar-refractivity contribution in [2.24, 2.45) is 0 Å². The minimum Gasteiger partial charge on any atom is -0.334 e. The molecular formula is C18H19N5OS. The lowest BCUT2D eigenvalue weighted by atomic mass is 10.1. The zero-order valence-electron chi connectivity index (χ0n) is 14.1. The van der Waals surface area contributed by atoms with Crippen molar-refractivity contribution in [2.45, 2.75) is 43.1 Å². The number of rotatable bonds is 7. The number of aryl methyl sites for hydroxylation is 1. The van der Waals surface area contributed by atoms with Crippen molar-refractivity contribution >= 4 is 11.8 Å². The highest BCUT2D eigenvalue weighted by atomic mass is 32.2. The van der Waals surface area contributed by atoms with Gasteiger partial charge < -0.3 is 9.09 Å². The summed E-state index contributed by atoms with van der Waals surface area (Å²) in [4.78, 5) is 4.49. The van der Waals surface area contributed by atoms with Gasteiger partial charge in [0.2, 0.25) is 0 Å². The summed E-state index contributed by atoms with van der Waals surface area (Å²) in [5, 5.41) is 13.6. The Morgan fingerprint density at radius 3 is 3.00 bits per heavy atom. The Kier molecular flexibility index (Phi) is 4.40. The first-order valence-electron chi connectivity index (χ1n) is 8.31. The fraction of sp³-hybridized carbons (Fsp3) is 0.333. The summed E-state index contributed by atoms with van der Waals surface area (Å²) in [5.41, 5.74) is 2.10. The van der Waals surface area contributed by atoms with Crippen molar-refractivity contribution in [2.75, 3.05) is 0 Å². The van der Waals surface area contributed by atoms with E-state index < -0.39 is 0 Å². The molecule has 4 rings (SSSR count). The SMILES string of the molecule is C=CCn1c(SCc2noc(-c3cccc(C)c3)n2)nnc1C1CC1. The second-order valence-corrected chi connectivity index (χ2v) is 7.13. The van der Waals surface area contributed by atoms with Crippen LogP contribution < -0.4 is 0 Å². The molecule has 0 saturated heterocycles. The first kappa shape index (κ1) is 16.1. The van der Waals surface area contributed by atoms with E-state index >= 15 is 0 Å². The quantitative estimate of drug-likeness (QED) is 0.472. The van der Waals surface area contributed by atoms with Crippen LogP contribution in [-0.2, 0) is 12.3 Å². The zero-order chi connectivity index (χ0) is 17.2. The van der Waals surface area contributed by atoms with Crippen molar-refractivity contribution in [1.82, 2.24) is 24.9 Å². The number of allylic oxidation sites excluding steroid dienone is 1. The minimum atomic E-state index is 0.547. The first-order valence-corrected chi connectivity index (χ1v) is 9.29. The van der Waals surface area contributed by atoms with E-state index in [9.17, 15) is 0 Å². The molecule has 7 heteroatoms. The summed E-state index contributed by atoms with van der Waals surface area (Å²) in [6.07, 6.45) is 4.28. The topological polar surface area (TPSA) is 69.6 Å². The van der Waals surface area contributed by atoms with Gasteiger partial charge in [-0.05, 0) is 31.9 Å². The number of hydrogen-bond donors (Lipinski definition) is 0. The highest BCUT2D eigenvalue weighted by molar-refractivity contribution is 7.98. The van der Waals surface area contributed by atoms with E-state index in [1.54, 1.807) is 11.8 Å². The van der Waals surface area contributed by atoms with Crippen LogP contribution >= 0.6 is 11.8 Å².